The van der Waals surface area contributed by atoms with E-state index in [0.717, 1.165) is 12.8 Å². The first-order valence-corrected chi connectivity index (χ1v) is 7.70. The minimum Gasteiger partial charge on any atom is -0.480 e. The number of rotatable bonds is 4. The van der Waals surface area contributed by atoms with E-state index in [1.54, 1.807) is 6.07 Å². The first-order chi connectivity index (χ1) is 9.90. The highest BCUT2D eigenvalue weighted by Crippen LogP contribution is 2.39. The summed E-state index contributed by atoms with van der Waals surface area (Å²) in [6.45, 7) is 1.52. The maximum atomic E-state index is 11.2. The number of ether oxygens (including phenoxy) is 1. The average Bonchev–Trinajstić information content (AvgIpc) is 2.42. The van der Waals surface area contributed by atoms with Crippen LogP contribution in [0.15, 0.2) is 16.6 Å². The summed E-state index contributed by atoms with van der Waals surface area (Å²) in [5, 5.41) is 31.1. The predicted octanol–water partition coefficient (Wildman–Crippen LogP) is 3.09. The lowest BCUT2D eigenvalue weighted by molar-refractivity contribution is -0.386. The van der Waals surface area contributed by atoms with E-state index in [1.165, 1.54) is 13.0 Å². The largest absolute Gasteiger partial charge is 0.480 e. The summed E-state index contributed by atoms with van der Waals surface area (Å²) < 4.78 is 6.24. The van der Waals surface area contributed by atoms with Crippen molar-refractivity contribution < 1.29 is 19.9 Å². The Balaban J connectivity index is 2.41. The SMILES string of the molecule is C[C@@H](O)c1cc(Br)cc([N+](=O)[O-])c1OC1CCCCC1O. The van der Waals surface area contributed by atoms with Crippen LogP contribution < -0.4 is 4.74 Å². The first-order valence-electron chi connectivity index (χ1n) is 6.90. The average molecular weight is 360 g/mol. The van der Waals surface area contributed by atoms with Crippen LogP contribution >= 0.6 is 15.9 Å². The predicted molar refractivity (Wildman–Crippen MR) is 80.3 cm³/mol. The van der Waals surface area contributed by atoms with Crippen LogP contribution in [0.4, 0.5) is 5.69 Å². The van der Waals surface area contributed by atoms with Crippen molar-refractivity contribution in [2.24, 2.45) is 0 Å². The van der Waals surface area contributed by atoms with E-state index in [2.05, 4.69) is 15.9 Å². The lowest BCUT2D eigenvalue weighted by atomic mass is 9.94. The minimum atomic E-state index is -0.906. The molecule has 1 saturated carbocycles. The van der Waals surface area contributed by atoms with Crippen LogP contribution in [0.25, 0.3) is 0 Å². The molecule has 21 heavy (non-hydrogen) atoms. The number of halogens is 1. The summed E-state index contributed by atoms with van der Waals surface area (Å²) in [6, 6.07) is 2.94. The Morgan fingerprint density at radius 3 is 2.67 bits per heavy atom. The minimum absolute atomic E-state index is 0.0455. The van der Waals surface area contributed by atoms with Crippen molar-refractivity contribution in [3.63, 3.8) is 0 Å². The van der Waals surface area contributed by atoms with Gasteiger partial charge in [0.1, 0.15) is 6.10 Å². The van der Waals surface area contributed by atoms with Gasteiger partial charge in [-0.3, -0.25) is 10.1 Å². The molecule has 0 saturated heterocycles. The molecule has 2 unspecified atom stereocenters. The van der Waals surface area contributed by atoms with Crippen molar-refractivity contribution in [3.05, 3.63) is 32.3 Å². The molecule has 0 heterocycles. The molecule has 1 aromatic carbocycles. The summed E-state index contributed by atoms with van der Waals surface area (Å²) in [4.78, 5) is 10.7. The van der Waals surface area contributed by atoms with Crippen molar-refractivity contribution in [1.82, 2.24) is 0 Å². The number of nitro benzene ring substituents is 1. The zero-order valence-electron chi connectivity index (χ0n) is 11.7. The van der Waals surface area contributed by atoms with Crippen LogP contribution in [0.3, 0.4) is 0 Å². The van der Waals surface area contributed by atoms with Gasteiger partial charge in [0.25, 0.3) is 0 Å². The van der Waals surface area contributed by atoms with Crippen molar-refractivity contribution in [2.45, 2.75) is 50.9 Å². The Hall–Kier alpha value is -1.18. The smallest absolute Gasteiger partial charge is 0.312 e. The fourth-order valence-electron chi connectivity index (χ4n) is 2.54. The van der Waals surface area contributed by atoms with Crippen molar-refractivity contribution >= 4 is 21.6 Å². The fraction of sp³-hybridized carbons (Fsp3) is 0.571. The van der Waals surface area contributed by atoms with Gasteiger partial charge in [0, 0.05) is 16.1 Å². The molecule has 0 aromatic heterocycles. The lowest BCUT2D eigenvalue weighted by Gasteiger charge is -2.29. The summed E-state index contributed by atoms with van der Waals surface area (Å²) in [5.41, 5.74) is 0.131. The third kappa shape index (κ3) is 3.72. The molecule has 3 atom stereocenters. The Bertz CT molecular complexity index is 534. The van der Waals surface area contributed by atoms with Gasteiger partial charge in [-0.05, 0) is 32.3 Å². The Morgan fingerprint density at radius 1 is 1.43 bits per heavy atom. The Kier molecular flexibility index (Phi) is 5.18. The van der Waals surface area contributed by atoms with E-state index in [-0.39, 0.29) is 11.4 Å². The molecule has 0 radical (unpaired) electrons. The molecule has 1 aliphatic carbocycles. The zero-order valence-corrected chi connectivity index (χ0v) is 13.2. The molecule has 0 bridgehead atoms. The molecule has 0 spiro atoms. The second-order valence-electron chi connectivity index (χ2n) is 5.28. The van der Waals surface area contributed by atoms with E-state index < -0.39 is 23.2 Å². The molecular weight excluding hydrogens is 342 g/mol. The molecule has 116 valence electrons. The number of aliphatic hydroxyl groups is 2. The van der Waals surface area contributed by atoms with Crippen LogP contribution in [0.5, 0.6) is 5.75 Å². The van der Waals surface area contributed by atoms with Gasteiger partial charge in [0.15, 0.2) is 0 Å². The highest BCUT2D eigenvalue weighted by atomic mass is 79.9. The topological polar surface area (TPSA) is 92.8 Å². The monoisotopic (exact) mass is 359 g/mol. The van der Waals surface area contributed by atoms with Crippen LogP contribution in [0.2, 0.25) is 0 Å². The second-order valence-corrected chi connectivity index (χ2v) is 6.20. The van der Waals surface area contributed by atoms with Gasteiger partial charge >= 0.3 is 5.69 Å². The van der Waals surface area contributed by atoms with Gasteiger partial charge in [-0.25, -0.2) is 0 Å². The molecule has 2 N–H and O–H groups in total. The molecule has 7 heteroatoms. The number of hydrogen-bond donors (Lipinski definition) is 2. The first kappa shape index (κ1) is 16.2. The Morgan fingerprint density at radius 2 is 2.10 bits per heavy atom. The van der Waals surface area contributed by atoms with Gasteiger partial charge in [-0.15, -0.1) is 0 Å². The third-order valence-electron chi connectivity index (χ3n) is 3.65. The van der Waals surface area contributed by atoms with Crippen molar-refractivity contribution in [1.29, 1.82) is 0 Å². The standard InChI is InChI=1S/C14H18BrNO5/c1-8(17)10-6-9(15)7-11(16(19)20)14(10)21-13-5-3-2-4-12(13)18/h6-8,12-13,17-18H,2-5H2,1H3/t8-,12?,13?/m1/s1. The summed E-state index contributed by atoms with van der Waals surface area (Å²) >= 11 is 3.20. The van der Waals surface area contributed by atoms with E-state index in [0.29, 0.717) is 22.9 Å². The van der Waals surface area contributed by atoms with Gasteiger partial charge in [-0.1, -0.05) is 22.4 Å². The summed E-state index contributed by atoms with van der Waals surface area (Å²) in [7, 11) is 0. The molecule has 1 aliphatic rings. The molecule has 1 aromatic rings. The number of nitrogens with zero attached hydrogens (tertiary/aromatic N) is 1. The van der Waals surface area contributed by atoms with Crippen LogP contribution in [0, 0.1) is 10.1 Å². The fourth-order valence-corrected chi connectivity index (χ4v) is 3.00. The lowest BCUT2D eigenvalue weighted by Crippen LogP contribution is -2.35. The number of aliphatic hydroxyl groups excluding tert-OH is 2. The quantitative estimate of drug-likeness (QED) is 0.636. The maximum Gasteiger partial charge on any atom is 0.312 e. The molecule has 1 fully saturated rings. The van der Waals surface area contributed by atoms with E-state index in [1.807, 2.05) is 0 Å². The molecule has 6 nitrogen and oxygen atoms in total. The zero-order chi connectivity index (χ0) is 15.6. The normalized spacial score (nSPS) is 23.6. The third-order valence-corrected chi connectivity index (χ3v) is 4.10. The van der Waals surface area contributed by atoms with Crippen molar-refractivity contribution in [3.8, 4) is 5.75 Å². The molecule has 0 aliphatic heterocycles. The van der Waals surface area contributed by atoms with Crippen LogP contribution in [-0.4, -0.2) is 27.3 Å². The van der Waals surface area contributed by atoms with E-state index in [4.69, 9.17) is 4.74 Å². The van der Waals surface area contributed by atoms with Gasteiger partial charge in [0.05, 0.1) is 17.1 Å². The highest BCUT2D eigenvalue weighted by Gasteiger charge is 2.30. The number of nitro groups is 1. The maximum absolute atomic E-state index is 11.2. The summed E-state index contributed by atoms with van der Waals surface area (Å²) in [6.07, 6.45) is 1.09. The van der Waals surface area contributed by atoms with Crippen LogP contribution in [-0.2, 0) is 0 Å². The summed E-state index contributed by atoms with van der Waals surface area (Å²) in [5.74, 6) is 0.0455. The van der Waals surface area contributed by atoms with Crippen LogP contribution in [0.1, 0.15) is 44.3 Å². The molecular formula is C14H18BrNO5. The van der Waals surface area contributed by atoms with Gasteiger partial charge in [0.2, 0.25) is 5.75 Å². The van der Waals surface area contributed by atoms with E-state index >= 15 is 0 Å². The number of hydrogen-bond acceptors (Lipinski definition) is 5. The van der Waals surface area contributed by atoms with Gasteiger partial charge in [-0.2, -0.15) is 0 Å². The molecule has 2 rings (SSSR count). The van der Waals surface area contributed by atoms with Gasteiger partial charge < -0.3 is 14.9 Å². The van der Waals surface area contributed by atoms with E-state index in [9.17, 15) is 20.3 Å². The highest BCUT2D eigenvalue weighted by molar-refractivity contribution is 9.10. The van der Waals surface area contributed by atoms with Crippen molar-refractivity contribution in [2.75, 3.05) is 0 Å². The second kappa shape index (κ2) is 6.72. The molecule has 0 amide bonds. The number of benzene rings is 1. The Labute approximate surface area is 131 Å².